The van der Waals surface area contributed by atoms with E-state index in [0.29, 0.717) is 36.5 Å². The maximum absolute atomic E-state index is 13.8. The number of aromatic nitrogens is 1. The molecule has 1 aliphatic heterocycles. The highest BCUT2D eigenvalue weighted by atomic mass is 35.5. The molecule has 0 saturated carbocycles. The van der Waals surface area contributed by atoms with Crippen LogP contribution >= 0.6 is 11.6 Å². The molecule has 2 aromatic carbocycles. The van der Waals surface area contributed by atoms with Crippen molar-refractivity contribution in [2.45, 2.75) is 13.0 Å². The molecule has 1 fully saturated rings. The molecule has 4 rings (SSSR count). The van der Waals surface area contributed by atoms with Gasteiger partial charge >= 0.3 is 11.8 Å². The Kier molecular flexibility index (Phi) is 5.65. The Morgan fingerprint density at radius 2 is 1.94 bits per heavy atom. The zero-order valence-electron chi connectivity index (χ0n) is 16.7. The largest absolute Gasteiger partial charge is 0.368 e. The molecular weight excluding hydrogens is 423 g/mol. The number of amides is 2. The number of H-pyrrole nitrogens is 1. The summed E-state index contributed by atoms with van der Waals surface area (Å²) in [7, 11) is 0. The molecule has 3 aromatic rings. The molecule has 7 nitrogen and oxygen atoms in total. The lowest BCUT2D eigenvalue weighted by Gasteiger charge is -2.40. The van der Waals surface area contributed by atoms with Gasteiger partial charge in [0.25, 0.3) is 0 Å². The normalized spacial score (nSPS) is 16.4. The summed E-state index contributed by atoms with van der Waals surface area (Å²) in [5, 5.41) is 3.42. The number of fused-ring (bicyclic) bond motifs is 1. The molecule has 1 atom stereocenters. The van der Waals surface area contributed by atoms with Crippen molar-refractivity contribution in [2.24, 2.45) is 0 Å². The Bertz CT molecular complexity index is 1230. The SMILES string of the molecule is C[C@@H]1CN(c2ccc(Cl)c(F)c2)CCN1C(=O)C(=O)Nc1ccc2[nH]c(=O)ccc2c1. The number of halogens is 2. The average Bonchev–Trinajstić information content (AvgIpc) is 2.75. The van der Waals surface area contributed by atoms with E-state index in [1.165, 1.54) is 23.1 Å². The zero-order chi connectivity index (χ0) is 22.1. The summed E-state index contributed by atoms with van der Waals surface area (Å²) in [5.74, 6) is -1.86. The number of hydrogen-bond donors (Lipinski definition) is 2. The number of aromatic amines is 1. The fourth-order valence-electron chi connectivity index (χ4n) is 3.72. The molecule has 31 heavy (non-hydrogen) atoms. The van der Waals surface area contributed by atoms with E-state index in [1.807, 2.05) is 11.8 Å². The van der Waals surface area contributed by atoms with Gasteiger partial charge in [-0.15, -0.1) is 0 Å². The van der Waals surface area contributed by atoms with Crippen LogP contribution in [0.4, 0.5) is 15.8 Å². The van der Waals surface area contributed by atoms with E-state index in [9.17, 15) is 18.8 Å². The van der Waals surface area contributed by atoms with E-state index >= 15 is 0 Å². The predicted molar refractivity (Wildman–Crippen MR) is 118 cm³/mol. The van der Waals surface area contributed by atoms with E-state index in [0.717, 1.165) is 5.39 Å². The minimum atomic E-state index is -0.735. The molecule has 0 radical (unpaired) electrons. The van der Waals surface area contributed by atoms with Gasteiger partial charge < -0.3 is 20.1 Å². The lowest BCUT2D eigenvalue weighted by molar-refractivity contribution is -0.144. The van der Waals surface area contributed by atoms with Gasteiger partial charge in [-0.05, 0) is 49.4 Å². The molecule has 160 valence electrons. The number of anilines is 2. The molecule has 0 bridgehead atoms. The topological polar surface area (TPSA) is 85.5 Å². The second kappa shape index (κ2) is 8.39. The van der Waals surface area contributed by atoms with Crippen LogP contribution < -0.4 is 15.8 Å². The van der Waals surface area contributed by atoms with Crippen molar-refractivity contribution >= 4 is 45.7 Å². The molecule has 1 aliphatic rings. The number of nitrogens with one attached hydrogen (secondary N) is 2. The maximum Gasteiger partial charge on any atom is 0.313 e. The van der Waals surface area contributed by atoms with Crippen LogP contribution in [0.2, 0.25) is 5.02 Å². The van der Waals surface area contributed by atoms with Gasteiger partial charge in [0.15, 0.2) is 0 Å². The lowest BCUT2D eigenvalue weighted by Crippen LogP contribution is -2.56. The molecule has 1 aromatic heterocycles. The second-order valence-corrected chi connectivity index (χ2v) is 7.88. The standard InChI is InChI=1S/C22H20ClFN4O3/c1-13-12-27(16-4-5-17(23)18(24)11-16)8-9-28(13)22(31)21(30)25-15-3-6-19-14(10-15)2-7-20(29)26-19/h2-7,10-11,13H,8-9,12H2,1H3,(H,25,30)(H,26,29)/t13-/m1/s1. The Morgan fingerprint density at radius 3 is 2.68 bits per heavy atom. The van der Waals surface area contributed by atoms with E-state index in [2.05, 4.69) is 10.3 Å². The number of benzene rings is 2. The van der Waals surface area contributed by atoms with Crippen molar-refractivity contribution in [3.8, 4) is 0 Å². The summed E-state index contributed by atoms with van der Waals surface area (Å²) in [5.41, 5.74) is 1.56. The van der Waals surface area contributed by atoms with Crippen molar-refractivity contribution in [3.05, 3.63) is 69.7 Å². The molecule has 0 unspecified atom stereocenters. The molecule has 0 spiro atoms. The Hall–Kier alpha value is -3.39. The number of piperazine rings is 1. The summed E-state index contributed by atoms with van der Waals surface area (Å²) in [6.45, 7) is 3.10. The van der Waals surface area contributed by atoms with Crippen LogP contribution in [0.3, 0.4) is 0 Å². The van der Waals surface area contributed by atoms with Crippen LogP contribution in [-0.2, 0) is 9.59 Å². The van der Waals surface area contributed by atoms with Crippen LogP contribution in [0.25, 0.3) is 10.9 Å². The first-order chi connectivity index (χ1) is 14.8. The Balaban J connectivity index is 1.42. The highest BCUT2D eigenvalue weighted by molar-refractivity contribution is 6.39. The first-order valence-electron chi connectivity index (χ1n) is 9.77. The number of carbonyl (C=O) groups excluding carboxylic acids is 2. The quantitative estimate of drug-likeness (QED) is 0.597. The van der Waals surface area contributed by atoms with Gasteiger partial charge in [0.1, 0.15) is 5.82 Å². The summed E-state index contributed by atoms with van der Waals surface area (Å²) >= 11 is 5.75. The van der Waals surface area contributed by atoms with Crippen molar-refractivity contribution in [2.75, 3.05) is 29.9 Å². The van der Waals surface area contributed by atoms with E-state index in [4.69, 9.17) is 11.6 Å². The number of carbonyl (C=O) groups is 2. The number of nitrogens with zero attached hydrogens (tertiary/aromatic N) is 2. The van der Waals surface area contributed by atoms with Crippen molar-refractivity contribution < 1.29 is 14.0 Å². The second-order valence-electron chi connectivity index (χ2n) is 7.47. The van der Waals surface area contributed by atoms with Gasteiger partial charge in [0, 0.05) is 54.0 Å². The Labute approximate surface area is 182 Å². The average molecular weight is 443 g/mol. The van der Waals surface area contributed by atoms with Crippen LogP contribution in [-0.4, -0.2) is 47.4 Å². The molecule has 9 heteroatoms. The van der Waals surface area contributed by atoms with Crippen molar-refractivity contribution in [3.63, 3.8) is 0 Å². The van der Waals surface area contributed by atoms with Gasteiger partial charge in [0.2, 0.25) is 5.56 Å². The molecule has 2 N–H and O–H groups in total. The highest BCUT2D eigenvalue weighted by Gasteiger charge is 2.31. The van der Waals surface area contributed by atoms with Gasteiger partial charge in [-0.2, -0.15) is 0 Å². The van der Waals surface area contributed by atoms with Gasteiger partial charge in [-0.3, -0.25) is 14.4 Å². The van der Waals surface area contributed by atoms with Crippen LogP contribution in [0.1, 0.15) is 6.92 Å². The lowest BCUT2D eigenvalue weighted by atomic mass is 10.1. The number of pyridine rings is 1. The minimum Gasteiger partial charge on any atom is -0.368 e. The third-order valence-electron chi connectivity index (χ3n) is 5.33. The fourth-order valence-corrected chi connectivity index (χ4v) is 3.84. The van der Waals surface area contributed by atoms with Crippen LogP contribution in [0, 0.1) is 5.82 Å². The first-order valence-corrected chi connectivity index (χ1v) is 10.1. The first kappa shape index (κ1) is 20.9. The molecule has 1 saturated heterocycles. The van der Waals surface area contributed by atoms with Gasteiger partial charge in [-0.25, -0.2) is 4.39 Å². The smallest absolute Gasteiger partial charge is 0.313 e. The molecular formula is C22H20ClFN4O3. The highest BCUT2D eigenvalue weighted by Crippen LogP contribution is 2.24. The minimum absolute atomic E-state index is 0.0577. The molecule has 2 heterocycles. The monoisotopic (exact) mass is 442 g/mol. The molecule has 2 amide bonds. The third-order valence-corrected chi connectivity index (χ3v) is 5.64. The summed E-state index contributed by atoms with van der Waals surface area (Å²) < 4.78 is 13.8. The Morgan fingerprint density at radius 1 is 1.13 bits per heavy atom. The predicted octanol–water partition coefficient (Wildman–Crippen LogP) is 3.00. The molecule has 0 aliphatic carbocycles. The fraction of sp³-hybridized carbons (Fsp3) is 0.227. The van der Waals surface area contributed by atoms with Crippen molar-refractivity contribution in [1.82, 2.24) is 9.88 Å². The van der Waals surface area contributed by atoms with Crippen LogP contribution in [0.15, 0.2) is 53.3 Å². The number of rotatable bonds is 2. The third kappa shape index (κ3) is 4.39. The van der Waals surface area contributed by atoms with Gasteiger partial charge in [0.05, 0.1) is 5.02 Å². The van der Waals surface area contributed by atoms with E-state index in [-0.39, 0.29) is 16.6 Å². The van der Waals surface area contributed by atoms with Crippen LogP contribution in [0.5, 0.6) is 0 Å². The van der Waals surface area contributed by atoms with E-state index in [1.54, 1.807) is 30.3 Å². The van der Waals surface area contributed by atoms with Gasteiger partial charge in [-0.1, -0.05) is 11.6 Å². The number of hydrogen-bond acceptors (Lipinski definition) is 4. The summed E-state index contributed by atoms with van der Waals surface area (Å²) in [6, 6.07) is 12.4. The maximum atomic E-state index is 13.8. The zero-order valence-corrected chi connectivity index (χ0v) is 17.4. The summed E-state index contributed by atoms with van der Waals surface area (Å²) in [6.07, 6.45) is 0. The van der Waals surface area contributed by atoms with E-state index < -0.39 is 17.6 Å². The van der Waals surface area contributed by atoms with Crippen molar-refractivity contribution in [1.29, 1.82) is 0 Å². The summed E-state index contributed by atoms with van der Waals surface area (Å²) in [4.78, 5) is 42.8.